The summed E-state index contributed by atoms with van der Waals surface area (Å²) in [5, 5.41) is 9.50. The molecule has 2 heterocycles. The lowest BCUT2D eigenvalue weighted by molar-refractivity contribution is 0.244. The van der Waals surface area contributed by atoms with Gasteiger partial charge in [-0.05, 0) is 18.3 Å². The van der Waals surface area contributed by atoms with Crippen molar-refractivity contribution in [1.29, 1.82) is 0 Å². The minimum Gasteiger partial charge on any atom is -0.394 e. The zero-order chi connectivity index (χ0) is 14.0. The van der Waals surface area contributed by atoms with E-state index in [1.165, 1.54) is 0 Å². The molecular formula is C14H23N3O2. The molecule has 2 unspecified atom stereocenters. The maximum atomic E-state index is 12.4. The topological polar surface area (TPSA) is 58.4 Å². The van der Waals surface area contributed by atoms with Crippen molar-refractivity contribution in [1.82, 2.24) is 9.55 Å². The highest BCUT2D eigenvalue weighted by atomic mass is 16.3. The van der Waals surface area contributed by atoms with E-state index in [1.807, 2.05) is 4.90 Å². The maximum Gasteiger partial charge on any atom is 0.293 e. The van der Waals surface area contributed by atoms with Crippen LogP contribution >= 0.6 is 0 Å². The first-order valence-electron chi connectivity index (χ1n) is 6.97. The normalized spacial score (nSPS) is 23.3. The van der Waals surface area contributed by atoms with Crippen LogP contribution in [0.5, 0.6) is 0 Å². The Morgan fingerprint density at radius 3 is 2.89 bits per heavy atom. The Morgan fingerprint density at radius 1 is 1.53 bits per heavy atom. The van der Waals surface area contributed by atoms with Crippen molar-refractivity contribution in [2.24, 2.45) is 11.8 Å². The molecule has 0 aromatic carbocycles. The predicted molar refractivity (Wildman–Crippen MR) is 75.3 cm³/mol. The monoisotopic (exact) mass is 265 g/mol. The second-order valence-corrected chi connectivity index (χ2v) is 5.81. The Kier molecular flexibility index (Phi) is 4.24. The third-order valence-electron chi connectivity index (χ3n) is 3.80. The SMILES string of the molecule is CC(C)Cn1ccnc(N2CCC(C)C2CO)c1=O. The summed E-state index contributed by atoms with van der Waals surface area (Å²) in [5.74, 6) is 1.29. The average Bonchev–Trinajstić information content (AvgIpc) is 2.72. The van der Waals surface area contributed by atoms with Gasteiger partial charge in [-0.25, -0.2) is 4.98 Å². The van der Waals surface area contributed by atoms with Crippen molar-refractivity contribution >= 4 is 5.82 Å². The summed E-state index contributed by atoms with van der Waals surface area (Å²) in [6, 6.07) is 0.00935. The lowest BCUT2D eigenvalue weighted by atomic mass is 10.0. The van der Waals surface area contributed by atoms with Gasteiger partial charge in [0.2, 0.25) is 0 Å². The molecule has 1 aromatic heterocycles. The van der Waals surface area contributed by atoms with Gasteiger partial charge >= 0.3 is 0 Å². The van der Waals surface area contributed by atoms with Crippen LogP contribution in [0.15, 0.2) is 17.2 Å². The van der Waals surface area contributed by atoms with E-state index in [-0.39, 0.29) is 18.2 Å². The number of hydrogen-bond donors (Lipinski definition) is 1. The van der Waals surface area contributed by atoms with E-state index in [0.29, 0.717) is 24.2 Å². The lowest BCUT2D eigenvalue weighted by Gasteiger charge is -2.26. The summed E-state index contributed by atoms with van der Waals surface area (Å²) in [7, 11) is 0. The summed E-state index contributed by atoms with van der Waals surface area (Å²) in [5.41, 5.74) is -0.0521. The van der Waals surface area contributed by atoms with E-state index >= 15 is 0 Å². The highest BCUT2D eigenvalue weighted by Gasteiger charge is 2.33. The molecule has 1 N–H and O–H groups in total. The first-order valence-corrected chi connectivity index (χ1v) is 6.97. The van der Waals surface area contributed by atoms with Crippen LogP contribution in [-0.2, 0) is 6.54 Å². The van der Waals surface area contributed by atoms with Crippen molar-refractivity contribution in [2.45, 2.75) is 39.8 Å². The van der Waals surface area contributed by atoms with Crippen LogP contribution < -0.4 is 10.5 Å². The maximum absolute atomic E-state index is 12.4. The van der Waals surface area contributed by atoms with Gasteiger partial charge in [-0.15, -0.1) is 0 Å². The van der Waals surface area contributed by atoms with Crippen LogP contribution in [0, 0.1) is 11.8 Å². The zero-order valence-corrected chi connectivity index (χ0v) is 11.9. The van der Waals surface area contributed by atoms with E-state index < -0.39 is 0 Å². The number of aromatic nitrogens is 2. The standard InChI is InChI=1S/C14H23N3O2/c1-10(2)8-16-7-5-15-13(14(16)19)17-6-4-11(3)12(17)9-18/h5,7,10-12,18H,4,6,8-9H2,1-3H3. The number of rotatable bonds is 4. The van der Waals surface area contributed by atoms with Gasteiger partial charge in [-0.2, -0.15) is 0 Å². The lowest BCUT2D eigenvalue weighted by Crippen LogP contribution is -2.40. The summed E-state index contributed by atoms with van der Waals surface area (Å²) in [6.45, 7) is 7.84. The van der Waals surface area contributed by atoms with E-state index in [1.54, 1.807) is 17.0 Å². The van der Waals surface area contributed by atoms with Crippen LogP contribution in [0.1, 0.15) is 27.2 Å². The first-order chi connectivity index (χ1) is 9.04. The van der Waals surface area contributed by atoms with Crippen LogP contribution in [0.2, 0.25) is 0 Å². The minimum atomic E-state index is -0.0521. The Bertz CT molecular complexity index is 484. The van der Waals surface area contributed by atoms with E-state index in [0.717, 1.165) is 13.0 Å². The van der Waals surface area contributed by atoms with Gasteiger partial charge in [0, 0.05) is 25.5 Å². The molecule has 19 heavy (non-hydrogen) atoms. The van der Waals surface area contributed by atoms with E-state index in [9.17, 15) is 9.90 Å². The fourth-order valence-electron chi connectivity index (χ4n) is 2.72. The quantitative estimate of drug-likeness (QED) is 0.886. The van der Waals surface area contributed by atoms with E-state index in [4.69, 9.17) is 0 Å². The Hall–Kier alpha value is -1.36. The van der Waals surface area contributed by atoms with Crippen molar-refractivity contribution in [2.75, 3.05) is 18.1 Å². The van der Waals surface area contributed by atoms with Crippen molar-refractivity contribution in [3.63, 3.8) is 0 Å². The van der Waals surface area contributed by atoms with Gasteiger partial charge in [0.1, 0.15) is 0 Å². The predicted octanol–water partition coefficient (Wildman–Crippen LogP) is 1.11. The average molecular weight is 265 g/mol. The summed E-state index contributed by atoms with van der Waals surface area (Å²) in [6.07, 6.45) is 4.40. The molecule has 5 heteroatoms. The molecule has 0 spiro atoms. The second-order valence-electron chi connectivity index (χ2n) is 5.81. The van der Waals surface area contributed by atoms with Gasteiger partial charge < -0.3 is 14.6 Å². The molecule has 5 nitrogen and oxygen atoms in total. The molecule has 0 amide bonds. The van der Waals surface area contributed by atoms with Crippen LogP contribution in [-0.4, -0.2) is 33.9 Å². The Balaban J connectivity index is 2.33. The van der Waals surface area contributed by atoms with Gasteiger partial charge in [0.05, 0.1) is 12.6 Å². The molecule has 106 valence electrons. The molecule has 1 aliphatic rings. The van der Waals surface area contributed by atoms with Gasteiger partial charge in [0.15, 0.2) is 5.82 Å². The molecule has 1 saturated heterocycles. The third kappa shape index (κ3) is 2.81. The highest BCUT2D eigenvalue weighted by Crippen LogP contribution is 2.26. The zero-order valence-electron chi connectivity index (χ0n) is 11.9. The van der Waals surface area contributed by atoms with Crippen LogP contribution in [0.3, 0.4) is 0 Å². The molecule has 0 bridgehead atoms. The van der Waals surface area contributed by atoms with Crippen molar-refractivity contribution in [3.8, 4) is 0 Å². The molecule has 1 fully saturated rings. The van der Waals surface area contributed by atoms with Crippen molar-refractivity contribution < 1.29 is 5.11 Å². The van der Waals surface area contributed by atoms with Gasteiger partial charge in [-0.1, -0.05) is 20.8 Å². The molecule has 0 radical (unpaired) electrons. The van der Waals surface area contributed by atoms with Crippen LogP contribution in [0.25, 0.3) is 0 Å². The fourth-order valence-corrected chi connectivity index (χ4v) is 2.72. The van der Waals surface area contributed by atoms with Crippen molar-refractivity contribution in [3.05, 3.63) is 22.7 Å². The Morgan fingerprint density at radius 2 is 2.26 bits per heavy atom. The third-order valence-corrected chi connectivity index (χ3v) is 3.80. The highest BCUT2D eigenvalue weighted by molar-refractivity contribution is 5.39. The molecule has 1 aliphatic heterocycles. The number of hydrogen-bond acceptors (Lipinski definition) is 4. The van der Waals surface area contributed by atoms with E-state index in [2.05, 4.69) is 25.8 Å². The molecule has 2 atom stereocenters. The summed E-state index contributed by atoms with van der Waals surface area (Å²) < 4.78 is 1.71. The summed E-state index contributed by atoms with van der Waals surface area (Å²) >= 11 is 0. The molecule has 1 aromatic rings. The number of aliphatic hydroxyl groups is 1. The smallest absolute Gasteiger partial charge is 0.293 e. The fraction of sp³-hybridized carbons (Fsp3) is 0.714. The Labute approximate surface area is 113 Å². The summed E-state index contributed by atoms with van der Waals surface area (Å²) in [4.78, 5) is 18.6. The number of anilines is 1. The molecular weight excluding hydrogens is 242 g/mol. The molecule has 2 rings (SSSR count). The van der Waals surface area contributed by atoms with Gasteiger partial charge in [0.25, 0.3) is 5.56 Å². The first kappa shape index (κ1) is 14.1. The second kappa shape index (κ2) is 5.74. The molecule has 0 aliphatic carbocycles. The number of aliphatic hydroxyl groups excluding tert-OH is 1. The van der Waals surface area contributed by atoms with Crippen LogP contribution in [0.4, 0.5) is 5.82 Å². The number of nitrogens with zero attached hydrogens (tertiary/aromatic N) is 3. The minimum absolute atomic E-state index is 0.00935. The van der Waals surface area contributed by atoms with Gasteiger partial charge in [-0.3, -0.25) is 4.79 Å². The largest absolute Gasteiger partial charge is 0.394 e. The molecule has 0 saturated carbocycles.